The Balaban J connectivity index is 1.53. The lowest BCUT2D eigenvalue weighted by atomic mass is 9.49. The number of aromatic nitrogens is 2. The summed E-state index contributed by atoms with van der Waals surface area (Å²) in [4.78, 5) is 2.34. The largest absolute Gasteiger partial charge is 0.508 e. The zero-order valence-corrected chi connectivity index (χ0v) is 18.2. The molecule has 2 bridgehead atoms. The van der Waals surface area contributed by atoms with Gasteiger partial charge in [0.15, 0.2) is 0 Å². The average molecular weight is 416 g/mol. The van der Waals surface area contributed by atoms with E-state index in [2.05, 4.69) is 53.9 Å². The van der Waals surface area contributed by atoms with Crippen LogP contribution in [0, 0.1) is 6.92 Å². The van der Waals surface area contributed by atoms with Crippen LogP contribution in [0.1, 0.15) is 40.1 Å². The lowest BCUT2D eigenvalue weighted by Gasteiger charge is -2.63. The lowest BCUT2D eigenvalue weighted by molar-refractivity contribution is -0.145. The van der Waals surface area contributed by atoms with Crippen molar-refractivity contribution in [2.24, 2.45) is 0 Å². The van der Waals surface area contributed by atoms with Gasteiger partial charge in [0.25, 0.3) is 0 Å². The Morgan fingerprint density at radius 2 is 1.94 bits per heavy atom. The maximum Gasteiger partial charge on any atom is 0.115 e. The third-order valence-corrected chi connectivity index (χ3v) is 8.28. The van der Waals surface area contributed by atoms with Crippen molar-refractivity contribution in [2.45, 2.75) is 56.2 Å². The van der Waals surface area contributed by atoms with Gasteiger partial charge in [0.05, 0.1) is 17.8 Å². The highest BCUT2D eigenvalue weighted by molar-refractivity contribution is 5.52. The second-order valence-corrected chi connectivity index (χ2v) is 9.81. The monoisotopic (exact) mass is 415 g/mol. The van der Waals surface area contributed by atoms with E-state index in [1.165, 1.54) is 22.4 Å². The molecule has 31 heavy (non-hydrogen) atoms. The van der Waals surface area contributed by atoms with Crippen molar-refractivity contribution in [1.82, 2.24) is 14.7 Å². The van der Waals surface area contributed by atoms with Crippen molar-refractivity contribution in [3.8, 4) is 5.75 Å². The minimum atomic E-state index is -0.862. The van der Waals surface area contributed by atoms with Crippen LogP contribution in [0.2, 0.25) is 0 Å². The van der Waals surface area contributed by atoms with E-state index in [4.69, 9.17) is 5.10 Å². The first-order valence-corrected chi connectivity index (χ1v) is 11.3. The van der Waals surface area contributed by atoms with E-state index in [0.29, 0.717) is 6.42 Å². The number of nitrogens with zero attached hydrogens (tertiary/aromatic N) is 3. The molecular formula is C26H29N3O2. The van der Waals surface area contributed by atoms with Crippen LogP contribution in [0.3, 0.4) is 0 Å². The van der Waals surface area contributed by atoms with Gasteiger partial charge in [-0.15, -0.1) is 0 Å². The first kappa shape index (κ1) is 19.1. The number of piperidine rings is 1. The maximum absolute atomic E-state index is 12.4. The van der Waals surface area contributed by atoms with Crippen molar-refractivity contribution in [2.75, 3.05) is 13.6 Å². The van der Waals surface area contributed by atoms with Crippen molar-refractivity contribution >= 4 is 0 Å². The smallest absolute Gasteiger partial charge is 0.115 e. The molecular weight excluding hydrogens is 386 g/mol. The van der Waals surface area contributed by atoms with E-state index in [9.17, 15) is 10.2 Å². The molecule has 0 saturated carbocycles. The second kappa shape index (κ2) is 6.44. The highest BCUT2D eigenvalue weighted by atomic mass is 16.3. The number of aromatic hydroxyl groups is 1. The topological polar surface area (TPSA) is 61.5 Å². The molecule has 2 aromatic carbocycles. The molecule has 1 aromatic heterocycles. The predicted molar refractivity (Wildman–Crippen MR) is 119 cm³/mol. The Morgan fingerprint density at radius 1 is 1.13 bits per heavy atom. The molecule has 160 valence electrons. The van der Waals surface area contributed by atoms with Crippen LogP contribution in [0.5, 0.6) is 5.75 Å². The molecule has 0 radical (unpaired) electrons. The van der Waals surface area contributed by atoms with Crippen molar-refractivity contribution < 1.29 is 10.2 Å². The average Bonchev–Trinajstić information content (AvgIpc) is 3.04. The minimum absolute atomic E-state index is 0.0725. The van der Waals surface area contributed by atoms with E-state index in [-0.39, 0.29) is 11.8 Å². The summed E-state index contributed by atoms with van der Waals surface area (Å²) in [5.74, 6) is 0.285. The zero-order valence-electron chi connectivity index (χ0n) is 18.2. The molecule has 1 aliphatic heterocycles. The molecule has 6 rings (SSSR count). The van der Waals surface area contributed by atoms with Crippen molar-refractivity contribution in [3.63, 3.8) is 0 Å². The molecule has 2 N–H and O–H groups in total. The number of benzene rings is 2. The van der Waals surface area contributed by atoms with Crippen LogP contribution in [-0.2, 0) is 31.2 Å². The normalized spacial score (nSPS) is 29.2. The fourth-order valence-electron chi connectivity index (χ4n) is 6.67. The molecule has 0 amide bonds. The van der Waals surface area contributed by atoms with Crippen LogP contribution in [0.15, 0.2) is 48.5 Å². The van der Waals surface area contributed by atoms with Gasteiger partial charge in [0.1, 0.15) is 5.75 Å². The Hall–Kier alpha value is -2.63. The van der Waals surface area contributed by atoms with Crippen LogP contribution in [0.4, 0.5) is 0 Å². The van der Waals surface area contributed by atoms with Gasteiger partial charge in [-0.1, -0.05) is 36.4 Å². The number of phenolic OH excluding ortho intramolecular Hbond substituents is 1. The highest BCUT2D eigenvalue weighted by Gasteiger charge is 2.64. The van der Waals surface area contributed by atoms with Gasteiger partial charge in [0.2, 0.25) is 0 Å². The molecule has 0 unspecified atom stereocenters. The van der Waals surface area contributed by atoms with Gasteiger partial charge in [0, 0.05) is 30.0 Å². The molecule has 3 aromatic rings. The number of likely N-dealkylation sites (tertiary alicyclic amines) is 1. The molecule has 3 aliphatic rings. The van der Waals surface area contributed by atoms with E-state index in [1.807, 2.05) is 12.1 Å². The molecule has 0 spiro atoms. The molecule has 3 atom stereocenters. The van der Waals surface area contributed by atoms with E-state index < -0.39 is 11.0 Å². The second-order valence-electron chi connectivity index (χ2n) is 9.81. The number of aryl methyl sites for hydroxylation is 1. The molecule has 5 heteroatoms. The molecule has 1 fully saturated rings. The van der Waals surface area contributed by atoms with Gasteiger partial charge >= 0.3 is 0 Å². The van der Waals surface area contributed by atoms with E-state index in [1.54, 1.807) is 6.07 Å². The summed E-state index contributed by atoms with van der Waals surface area (Å²) in [5.41, 5.74) is 5.83. The van der Waals surface area contributed by atoms with E-state index >= 15 is 0 Å². The van der Waals surface area contributed by atoms with E-state index in [0.717, 1.165) is 43.6 Å². The van der Waals surface area contributed by atoms with Gasteiger partial charge < -0.3 is 15.1 Å². The number of fused-ring (bicyclic) bond motifs is 2. The standard InChI is InChI=1S/C26H29N3O2/c1-17-21-14-26(31)24-12-19-8-9-20(30)13-22(19)25(26,10-11-28(24)2)15-23(21)29(27-17)16-18-6-4-3-5-7-18/h3-9,13,24,30-31H,10-12,14-16H2,1-2H3/t24-,25-,26-/m1/s1. The first-order valence-electron chi connectivity index (χ1n) is 11.3. The predicted octanol–water partition coefficient (Wildman–Crippen LogP) is 2.97. The van der Waals surface area contributed by atoms with Crippen LogP contribution in [0.25, 0.3) is 0 Å². The zero-order chi connectivity index (χ0) is 21.4. The summed E-state index contributed by atoms with van der Waals surface area (Å²) in [5, 5.41) is 27.6. The fraction of sp³-hybridized carbons (Fsp3) is 0.423. The summed E-state index contributed by atoms with van der Waals surface area (Å²) in [6, 6.07) is 16.3. The summed E-state index contributed by atoms with van der Waals surface area (Å²) in [6.07, 6.45) is 3.07. The number of likely N-dealkylation sites (N-methyl/N-ethyl adjacent to an activating group) is 1. The first-order chi connectivity index (χ1) is 14.9. The lowest BCUT2D eigenvalue weighted by Crippen LogP contribution is -2.73. The molecule has 5 nitrogen and oxygen atoms in total. The Kier molecular flexibility index (Phi) is 3.96. The molecule has 2 heterocycles. The Morgan fingerprint density at radius 3 is 2.74 bits per heavy atom. The van der Waals surface area contributed by atoms with Crippen LogP contribution >= 0.6 is 0 Å². The van der Waals surface area contributed by atoms with Crippen LogP contribution < -0.4 is 0 Å². The number of aliphatic hydroxyl groups is 1. The fourth-order valence-corrected chi connectivity index (χ4v) is 6.67. The van der Waals surface area contributed by atoms with Gasteiger partial charge in [-0.3, -0.25) is 4.68 Å². The summed E-state index contributed by atoms with van der Waals surface area (Å²) in [7, 11) is 2.14. The molecule has 2 aliphatic carbocycles. The highest BCUT2D eigenvalue weighted by Crippen LogP contribution is 2.57. The van der Waals surface area contributed by atoms with Crippen LogP contribution in [-0.4, -0.2) is 50.1 Å². The third-order valence-electron chi connectivity index (χ3n) is 8.28. The minimum Gasteiger partial charge on any atom is -0.508 e. The third kappa shape index (κ3) is 2.53. The van der Waals surface area contributed by atoms with Crippen molar-refractivity contribution in [1.29, 1.82) is 0 Å². The van der Waals surface area contributed by atoms with Crippen molar-refractivity contribution in [3.05, 3.63) is 82.2 Å². The summed E-state index contributed by atoms with van der Waals surface area (Å²) >= 11 is 0. The summed E-state index contributed by atoms with van der Waals surface area (Å²) in [6.45, 7) is 3.76. The molecule has 1 saturated heterocycles. The summed E-state index contributed by atoms with van der Waals surface area (Å²) < 4.78 is 2.15. The van der Waals surface area contributed by atoms with Gasteiger partial charge in [-0.05, 0) is 67.7 Å². The Bertz CT molecular complexity index is 1170. The SMILES string of the molecule is Cc1nn(Cc2ccccc2)c2c1C[C@@]1(O)[C@H]3Cc4ccc(O)cc4[C@@]1(CCN3C)C2. The number of hydrogen-bond acceptors (Lipinski definition) is 4. The number of hydrogen-bond donors (Lipinski definition) is 2. The number of phenols is 1. The number of rotatable bonds is 2. The Labute approximate surface area is 182 Å². The maximum atomic E-state index is 12.4. The van der Waals surface area contributed by atoms with Gasteiger partial charge in [-0.2, -0.15) is 5.10 Å². The van der Waals surface area contributed by atoms with Gasteiger partial charge in [-0.25, -0.2) is 0 Å². The quantitative estimate of drug-likeness (QED) is 0.676.